The van der Waals surface area contributed by atoms with Crippen molar-refractivity contribution in [2.45, 2.75) is 103 Å². The highest BCUT2D eigenvalue weighted by atomic mass is 16.4. The lowest BCUT2D eigenvalue weighted by molar-refractivity contribution is -0.133. The Morgan fingerprint density at radius 2 is 1.62 bits per heavy atom. The van der Waals surface area contributed by atoms with Gasteiger partial charge in [0.25, 0.3) is 0 Å². The monoisotopic (exact) mass is 461 g/mol. The molecular formula is C31H43NO2. The molecule has 1 aromatic heterocycles. The quantitative estimate of drug-likeness (QED) is 0.240. The number of carboxylic acids is 1. The van der Waals surface area contributed by atoms with E-state index >= 15 is 0 Å². The van der Waals surface area contributed by atoms with Gasteiger partial charge in [-0.15, -0.1) is 0 Å². The highest BCUT2D eigenvalue weighted by Gasteiger charge is 2.27. The minimum Gasteiger partial charge on any atom is -0.478 e. The van der Waals surface area contributed by atoms with Crippen LogP contribution in [0.5, 0.6) is 0 Å². The van der Waals surface area contributed by atoms with Crippen LogP contribution in [-0.2, 0) is 11.2 Å². The summed E-state index contributed by atoms with van der Waals surface area (Å²) in [6.45, 7) is 4.44. The number of carbonyl (C=O) groups is 1. The van der Waals surface area contributed by atoms with Crippen LogP contribution in [0.25, 0.3) is 11.3 Å². The van der Waals surface area contributed by atoms with Gasteiger partial charge in [0.1, 0.15) is 0 Å². The molecule has 1 fully saturated rings. The van der Waals surface area contributed by atoms with E-state index in [0.717, 1.165) is 56.2 Å². The van der Waals surface area contributed by atoms with Crippen molar-refractivity contribution >= 4 is 5.97 Å². The van der Waals surface area contributed by atoms with E-state index in [-0.39, 0.29) is 5.92 Å². The molecule has 1 saturated carbocycles. The molecule has 3 heteroatoms. The van der Waals surface area contributed by atoms with Crippen LogP contribution in [0.2, 0.25) is 0 Å². The first-order valence-corrected chi connectivity index (χ1v) is 13.6. The molecule has 0 radical (unpaired) electrons. The van der Waals surface area contributed by atoms with Crippen molar-refractivity contribution in [3.8, 4) is 11.3 Å². The van der Waals surface area contributed by atoms with Gasteiger partial charge in [0.2, 0.25) is 0 Å². The van der Waals surface area contributed by atoms with Gasteiger partial charge in [0.05, 0.1) is 5.69 Å². The van der Waals surface area contributed by atoms with Gasteiger partial charge >= 0.3 is 5.97 Å². The molecule has 3 nitrogen and oxygen atoms in total. The van der Waals surface area contributed by atoms with Crippen LogP contribution in [0.4, 0.5) is 0 Å². The fourth-order valence-electron chi connectivity index (χ4n) is 5.24. The summed E-state index contributed by atoms with van der Waals surface area (Å²) in [6, 6.07) is 13.2. The molecule has 0 unspecified atom stereocenters. The second-order valence-corrected chi connectivity index (χ2v) is 9.99. The summed E-state index contributed by atoms with van der Waals surface area (Å²) in [4.78, 5) is 16.5. The Morgan fingerprint density at radius 1 is 0.912 bits per heavy atom. The van der Waals surface area contributed by atoms with E-state index in [4.69, 9.17) is 4.98 Å². The van der Waals surface area contributed by atoms with Gasteiger partial charge in [0.15, 0.2) is 0 Å². The van der Waals surface area contributed by atoms with Gasteiger partial charge < -0.3 is 5.11 Å². The summed E-state index contributed by atoms with van der Waals surface area (Å²) < 4.78 is 0. The molecule has 0 spiro atoms. The molecule has 34 heavy (non-hydrogen) atoms. The van der Waals surface area contributed by atoms with Gasteiger partial charge in [-0.3, -0.25) is 4.98 Å². The topological polar surface area (TPSA) is 50.2 Å². The molecule has 1 N–H and O–H groups in total. The minimum absolute atomic E-state index is 0.208. The summed E-state index contributed by atoms with van der Waals surface area (Å²) in [5.74, 6) is 0.0187. The van der Waals surface area contributed by atoms with Crippen molar-refractivity contribution in [2.75, 3.05) is 0 Å². The highest BCUT2D eigenvalue weighted by Crippen LogP contribution is 2.39. The zero-order valence-electron chi connectivity index (χ0n) is 21.3. The van der Waals surface area contributed by atoms with E-state index in [2.05, 4.69) is 50.2 Å². The number of nitrogens with zero attached hydrogens (tertiary/aromatic N) is 1. The first-order valence-electron chi connectivity index (χ1n) is 13.6. The van der Waals surface area contributed by atoms with Crippen molar-refractivity contribution in [2.24, 2.45) is 5.92 Å². The molecule has 3 rings (SSSR count). The second-order valence-electron chi connectivity index (χ2n) is 9.99. The van der Waals surface area contributed by atoms with E-state index in [9.17, 15) is 9.90 Å². The molecule has 0 aliphatic heterocycles. The Kier molecular flexibility index (Phi) is 10.9. The van der Waals surface area contributed by atoms with Crippen LogP contribution in [0.15, 0.2) is 54.2 Å². The van der Waals surface area contributed by atoms with E-state index in [1.54, 1.807) is 0 Å². The average Bonchev–Trinajstić information content (AvgIpc) is 2.87. The van der Waals surface area contributed by atoms with Crippen molar-refractivity contribution in [3.63, 3.8) is 0 Å². The first-order chi connectivity index (χ1) is 16.6. The molecule has 0 saturated heterocycles. The smallest absolute Gasteiger partial charge is 0.331 e. The summed E-state index contributed by atoms with van der Waals surface area (Å²) in [5, 5.41) is 9.75. The minimum atomic E-state index is -0.716. The van der Waals surface area contributed by atoms with Gasteiger partial charge in [-0.1, -0.05) is 82.4 Å². The van der Waals surface area contributed by atoms with Crippen LogP contribution >= 0.6 is 0 Å². The van der Waals surface area contributed by atoms with Gasteiger partial charge in [-0.25, -0.2) is 4.79 Å². The lowest BCUT2D eigenvalue weighted by Crippen LogP contribution is -2.19. The van der Waals surface area contributed by atoms with Crippen molar-refractivity contribution < 1.29 is 9.90 Å². The van der Waals surface area contributed by atoms with Crippen LogP contribution < -0.4 is 0 Å². The second kappa shape index (κ2) is 14.1. The lowest BCUT2D eigenvalue weighted by atomic mass is 9.75. The molecule has 1 aromatic carbocycles. The summed E-state index contributed by atoms with van der Waals surface area (Å²) in [5.41, 5.74) is 5.55. The fraction of sp³-hybridized carbons (Fsp3) is 0.548. The zero-order chi connectivity index (χ0) is 24.2. The number of benzene rings is 1. The number of allylic oxidation sites excluding steroid dienone is 1. The Balaban J connectivity index is 1.53. The Bertz CT molecular complexity index is 890. The van der Waals surface area contributed by atoms with Gasteiger partial charge in [0, 0.05) is 17.3 Å². The number of carboxylic acid groups (broad SMARTS) is 1. The van der Waals surface area contributed by atoms with Crippen molar-refractivity contribution in [1.82, 2.24) is 4.98 Å². The number of hydrogen-bond acceptors (Lipinski definition) is 2. The van der Waals surface area contributed by atoms with Gasteiger partial charge in [-0.2, -0.15) is 0 Å². The largest absolute Gasteiger partial charge is 0.478 e. The average molecular weight is 462 g/mol. The molecular weight excluding hydrogens is 418 g/mol. The highest BCUT2D eigenvalue weighted by molar-refractivity contribution is 5.87. The molecule has 0 bridgehead atoms. The Hall–Kier alpha value is -2.42. The summed E-state index contributed by atoms with van der Waals surface area (Å²) in [7, 11) is 0. The maximum absolute atomic E-state index is 11.9. The Labute approximate surface area is 206 Å². The van der Waals surface area contributed by atoms with Crippen LogP contribution in [0.1, 0.15) is 108 Å². The first kappa shape index (κ1) is 26.2. The number of aromatic nitrogens is 1. The number of hydrogen-bond donors (Lipinski definition) is 1. The number of unbranched alkanes of at least 4 members (excludes halogenated alkanes) is 6. The van der Waals surface area contributed by atoms with E-state index in [1.165, 1.54) is 49.7 Å². The van der Waals surface area contributed by atoms with Gasteiger partial charge in [-0.05, 0) is 80.4 Å². The standard InChI is InChI=1S/C31H43NO2/c1-3-5-7-8-10-12-29(31(33)34)27-18-14-25(15-19-27)26-16-20-28(21-17-26)30-22-13-24(23-32-30)11-9-6-4-2/h12-13,16-17,20-23,25,27H,3-11,14-15,18-19H2,1-2H3,(H,33,34). The molecule has 1 aliphatic carbocycles. The van der Waals surface area contributed by atoms with E-state index in [0.29, 0.717) is 11.5 Å². The molecule has 184 valence electrons. The third kappa shape index (κ3) is 7.82. The van der Waals surface area contributed by atoms with Crippen molar-refractivity contribution in [1.29, 1.82) is 0 Å². The predicted octanol–water partition coefficient (Wildman–Crippen LogP) is 8.74. The van der Waals surface area contributed by atoms with Crippen LogP contribution in [-0.4, -0.2) is 16.1 Å². The lowest BCUT2D eigenvalue weighted by Gasteiger charge is -2.29. The summed E-state index contributed by atoms with van der Waals surface area (Å²) in [6.07, 6.45) is 18.6. The van der Waals surface area contributed by atoms with E-state index in [1.807, 2.05) is 12.3 Å². The number of aryl methyl sites for hydroxylation is 1. The molecule has 1 aliphatic rings. The number of pyridine rings is 1. The maximum atomic E-state index is 11.9. The molecule has 2 aromatic rings. The third-order valence-corrected chi connectivity index (χ3v) is 7.41. The van der Waals surface area contributed by atoms with Crippen LogP contribution in [0.3, 0.4) is 0 Å². The predicted molar refractivity (Wildman–Crippen MR) is 142 cm³/mol. The number of rotatable bonds is 13. The Morgan fingerprint density at radius 3 is 2.24 bits per heavy atom. The zero-order valence-corrected chi connectivity index (χ0v) is 21.3. The molecule has 1 heterocycles. The third-order valence-electron chi connectivity index (χ3n) is 7.41. The fourth-order valence-corrected chi connectivity index (χ4v) is 5.24. The normalized spacial score (nSPS) is 18.7. The maximum Gasteiger partial charge on any atom is 0.331 e. The van der Waals surface area contributed by atoms with Crippen molar-refractivity contribution in [3.05, 3.63) is 65.4 Å². The molecule has 0 amide bonds. The van der Waals surface area contributed by atoms with Crippen LogP contribution in [0, 0.1) is 5.92 Å². The van der Waals surface area contributed by atoms with E-state index < -0.39 is 5.97 Å². The summed E-state index contributed by atoms with van der Waals surface area (Å²) >= 11 is 0. The molecule has 0 atom stereocenters. The number of aliphatic carboxylic acids is 1. The SMILES string of the molecule is CCCCCCC=C(C(=O)O)C1CCC(c2ccc(-c3ccc(CCCCC)cn3)cc2)CC1.